The highest BCUT2D eigenvalue weighted by molar-refractivity contribution is 9.10. The Hall–Kier alpha value is -2.16. The number of benzene rings is 2. The molecule has 1 aliphatic heterocycles. The van der Waals surface area contributed by atoms with Gasteiger partial charge >= 0.3 is 0 Å². The highest BCUT2D eigenvalue weighted by Gasteiger charge is 2.17. The van der Waals surface area contributed by atoms with E-state index in [2.05, 4.69) is 33.5 Å². The molecule has 0 bridgehead atoms. The second-order valence-corrected chi connectivity index (χ2v) is 8.46. The number of amides is 1. The Morgan fingerprint density at radius 1 is 1.23 bits per heavy atom. The molecule has 166 valence electrons. The Bertz CT molecular complexity index is 903. The van der Waals surface area contributed by atoms with Crippen molar-refractivity contribution in [3.63, 3.8) is 0 Å². The molecular formula is C23H27BrN2O4S. The van der Waals surface area contributed by atoms with E-state index in [0.29, 0.717) is 36.0 Å². The number of hydrogen-bond acceptors (Lipinski definition) is 5. The lowest BCUT2D eigenvalue weighted by Gasteiger charge is -2.16. The van der Waals surface area contributed by atoms with Crippen molar-refractivity contribution in [3.8, 4) is 11.5 Å². The average Bonchev–Trinajstić information content (AvgIpc) is 3.28. The van der Waals surface area contributed by atoms with Crippen LogP contribution in [0.15, 0.2) is 46.9 Å². The molecule has 1 heterocycles. The number of carbonyl (C=O) groups excluding carboxylic acids is 1. The van der Waals surface area contributed by atoms with E-state index >= 15 is 0 Å². The topological polar surface area (TPSA) is 68.8 Å². The van der Waals surface area contributed by atoms with E-state index in [-0.39, 0.29) is 17.1 Å². The van der Waals surface area contributed by atoms with Crippen LogP contribution in [0.5, 0.6) is 11.5 Å². The molecule has 0 spiro atoms. The molecule has 1 saturated heterocycles. The molecule has 0 aromatic heterocycles. The third-order valence-corrected chi connectivity index (χ3v) is 5.58. The molecule has 2 N–H and O–H groups in total. The van der Waals surface area contributed by atoms with E-state index in [1.807, 2.05) is 24.3 Å². The van der Waals surface area contributed by atoms with Crippen molar-refractivity contribution in [3.05, 3.63) is 52.5 Å². The van der Waals surface area contributed by atoms with Gasteiger partial charge < -0.3 is 19.5 Å². The van der Waals surface area contributed by atoms with Gasteiger partial charge in [-0.25, -0.2) is 0 Å². The molecule has 1 aliphatic rings. The number of halogens is 1. The van der Waals surface area contributed by atoms with Crippen LogP contribution in [-0.2, 0) is 4.74 Å². The van der Waals surface area contributed by atoms with Crippen LogP contribution in [0, 0.1) is 0 Å². The first-order valence-electron chi connectivity index (χ1n) is 10.4. The molecule has 8 heteroatoms. The fourth-order valence-electron chi connectivity index (χ4n) is 3.07. The summed E-state index contributed by atoms with van der Waals surface area (Å²) in [6, 6.07) is 12.7. The predicted molar refractivity (Wildman–Crippen MR) is 129 cm³/mol. The van der Waals surface area contributed by atoms with Crippen LogP contribution >= 0.6 is 28.1 Å². The Kier molecular flexibility index (Phi) is 9.12. The maximum Gasteiger partial charge on any atom is 0.257 e. The lowest BCUT2D eigenvalue weighted by atomic mass is 10.2. The summed E-state index contributed by atoms with van der Waals surface area (Å²) < 4.78 is 17.9. The molecule has 31 heavy (non-hydrogen) atoms. The molecule has 1 atom stereocenters. The van der Waals surface area contributed by atoms with Crippen LogP contribution in [0.25, 0.3) is 0 Å². The largest absolute Gasteiger partial charge is 0.492 e. The minimum atomic E-state index is -0.309. The van der Waals surface area contributed by atoms with Crippen LogP contribution in [0.2, 0.25) is 0 Å². The van der Waals surface area contributed by atoms with Gasteiger partial charge in [0.05, 0.1) is 22.9 Å². The van der Waals surface area contributed by atoms with Gasteiger partial charge in [0, 0.05) is 12.2 Å². The quantitative estimate of drug-likeness (QED) is 0.354. The van der Waals surface area contributed by atoms with Gasteiger partial charge in [0.15, 0.2) is 5.11 Å². The van der Waals surface area contributed by atoms with Crippen molar-refractivity contribution in [1.82, 2.24) is 5.32 Å². The van der Waals surface area contributed by atoms with Gasteiger partial charge in [-0.15, -0.1) is 0 Å². The minimum absolute atomic E-state index is 0.118. The summed E-state index contributed by atoms with van der Waals surface area (Å²) in [7, 11) is 0. The first-order chi connectivity index (χ1) is 15.1. The Morgan fingerprint density at radius 3 is 2.81 bits per heavy atom. The summed E-state index contributed by atoms with van der Waals surface area (Å²) in [5.41, 5.74) is 1.16. The molecular weight excluding hydrogens is 480 g/mol. The molecule has 0 saturated carbocycles. The second-order valence-electron chi connectivity index (χ2n) is 7.20. The van der Waals surface area contributed by atoms with Crippen LogP contribution in [0.3, 0.4) is 0 Å². The van der Waals surface area contributed by atoms with Crippen molar-refractivity contribution < 1.29 is 19.0 Å². The predicted octanol–water partition coefficient (Wildman–Crippen LogP) is 5.31. The van der Waals surface area contributed by atoms with E-state index in [1.54, 1.807) is 18.2 Å². The molecule has 2 aromatic rings. The van der Waals surface area contributed by atoms with Crippen molar-refractivity contribution in [2.75, 3.05) is 25.1 Å². The fourth-order valence-corrected chi connectivity index (χ4v) is 3.76. The molecule has 0 aliphatic carbocycles. The van der Waals surface area contributed by atoms with Crippen molar-refractivity contribution >= 4 is 44.9 Å². The second kappa shape index (κ2) is 12.0. The van der Waals surface area contributed by atoms with Crippen LogP contribution < -0.4 is 20.1 Å². The smallest absolute Gasteiger partial charge is 0.257 e. The number of para-hydroxylation sites is 2. The molecule has 2 aromatic carbocycles. The summed E-state index contributed by atoms with van der Waals surface area (Å²) in [5, 5.41) is 5.94. The highest BCUT2D eigenvalue weighted by atomic mass is 79.9. The Labute approximate surface area is 196 Å². The number of nitrogens with one attached hydrogen (secondary N) is 2. The fraction of sp³-hybridized carbons (Fsp3) is 0.391. The van der Waals surface area contributed by atoms with E-state index < -0.39 is 0 Å². The number of carbonyl (C=O) groups is 1. The van der Waals surface area contributed by atoms with Crippen molar-refractivity contribution in [1.29, 1.82) is 0 Å². The van der Waals surface area contributed by atoms with Gasteiger partial charge in [-0.2, -0.15) is 0 Å². The van der Waals surface area contributed by atoms with Gasteiger partial charge in [0.25, 0.3) is 5.91 Å². The van der Waals surface area contributed by atoms with Gasteiger partial charge in [0.2, 0.25) is 0 Å². The normalized spacial score (nSPS) is 15.4. The van der Waals surface area contributed by atoms with Crippen LogP contribution in [0.4, 0.5) is 5.69 Å². The Morgan fingerprint density at radius 2 is 2.06 bits per heavy atom. The summed E-state index contributed by atoms with van der Waals surface area (Å²) in [6.07, 6.45) is 4.22. The molecule has 1 unspecified atom stereocenters. The van der Waals surface area contributed by atoms with Gasteiger partial charge in [-0.1, -0.05) is 25.5 Å². The highest BCUT2D eigenvalue weighted by Crippen LogP contribution is 2.27. The first-order valence-corrected chi connectivity index (χ1v) is 11.6. The van der Waals surface area contributed by atoms with E-state index in [1.165, 1.54) is 0 Å². The van der Waals surface area contributed by atoms with Crippen molar-refractivity contribution in [2.24, 2.45) is 0 Å². The third-order valence-electron chi connectivity index (χ3n) is 4.76. The number of anilines is 1. The summed E-state index contributed by atoms with van der Waals surface area (Å²) in [4.78, 5) is 12.6. The van der Waals surface area contributed by atoms with Gasteiger partial charge in [0.1, 0.15) is 18.1 Å². The van der Waals surface area contributed by atoms with Crippen LogP contribution in [0.1, 0.15) is 43.0 Å². The molecule has 3 rings (SSSR count). The minimum Gasteiger partial charge on any atom is -0.492 e. The van der Waals surface area contributed by atoms with E-state index in [4.69, 9.17) is 26.4 Å². The molecule has 1 amide bonds. The van der Waals surface area contributed by atoms with E-state index in [9.17, 15) is 4.79 Å². The lowest BCUT2D eigenvalue weighted by Crippen LogP contribution is -2.34. The molecule has 6 nitrogen and oxygen atoms in total. The zero-order valence-electron chi connectivity index (χ0n) is 17.5. The summed E-state index contributed by atoms with van der Waals surface area (Å²) in [6.45, 7) is 4.02. The maximum absolute atomic E-state index is 12.6. The zero-order valence-corrected chi connectivity index (χ0v) is 19.9. The number of hydrogen-bond donors (Lipinski definition) is 2. The SMILES string of the molecule is CCCCOc1ccc(C(=O)NC(=S)Nc2ccccc2OCC2CCCO2)cc1Br. The molecule has 1 fully saturated rings. The van der Waals surface area contributed by atoms with E-state index in [0.717, 1.165) is 36.8 Å². The lowest BCUT2D eigenvalue weighted by molar-refractivity contribution is 0.0682. The van der Waals surface area contributed by atoms with Crippen LogP contribution in [-0.4, -0.2) is 36.9 Å². The number of ether oxygens (including phenoxy) is 3. The standard InChI is InChI=1S/C23H27BrN2O4S/c1-2-3-12-29-20-11-10-16(14-18(20)24)22(27)26-23(31)25-19-8-4-5-9-21(19)30-15-17-7-6-13-28-17/h4-5,8-11,14,17H,2-3,6-7,12-13,15H2,1H3,(H2,25,26,27,31). The number of unbranched alkanes of at least 4 members (excludes halogenated alkanes) is 1. The Balaban J connectivity index is 1.55. The maximum atomic E-state index is 12.6. The monoisotopic (exact) mass is 506 g/mol. The van der Waals surface area contributed by atoms with Gasteiger partial charge in [-0.3, -0.25) is 10.1 Å². The van der Waals surface area contributed by atoms with Gasteiger partial charge in [-0.05, 0) is 77.7 Å². The summed E-state index contributed by atoms with van der Waals surface area (Å²) in [5.74, 6) is 1.06. The number of rotatable bonds is 9. The third kappa shape index (κ3) is 7.19. The zero-order chi connectivity index (χ0) is 22.1. The molecule has 0 radical (unpaired) electrons. The average molecular weight is 507 g/mol. The summed E-state index contributed by atoms with van der Waals surface area (Å²) >= 11 is 8.79. The first kappa shape index (κ1) is 23.5. The number of thiocarbonyl (C=S) groups is 1. The van der Waals surface area contributed by atoms with Crippen molar-refractivity contribution in [2.45, 2.75) is 38.7 Å².